The Morgan fingerprint density at radius 3 is 2.69 bits per heavy atom. The van der Waals surface area contributed by atoms with Crippen LogP contribution in [-0.4, -0.2) is 33.1 Å². The van der Waals surface area contributed by atoms with E-state index in [1.165, 1.54) is 25.7 Å². The predicted molar refractivity (Wildman–Crippen MR) is 116 cm³/mol. The molecule has 7 heteroatoms. The van der Waals surface area contributed by atoms with Crippen LogP contribution < -0.4 is 10.6 Å². The molecule has 3 rings (SSSR count). The summed E-state index contributed by atoms with van der Waals surface area (Å²) >= 11 is 0. The molecule has 1 aliphatic rings. The number of aromatic nitrogens is 3. The van der Waals surface area contributed by atoms with Gasteiger partial charge in [-0.15, -0.1) is 24.0 Å². The highest BCUT2D eigenvalue weighted by molar-refractivity contribution is 14.0. The van der Waals surface area contributed by atoms with Crippen LogP contribution in [0.2, 0.25) is 0 Å². The summed E-state index contributed by atoms with van der Waals surface area (Å²) < 4.78 is 1.89. The summed E-state index contributed by atoms with van der Waals surface area (Å²) in [5, 5.41) is 6.94. The second-order valence-electron chi connectivity index (χ2n) is 6.79. The van der Waals surface area contributed by atoms with Gasteiger partial charge in [0.2, 0.25) is 0 Å². The summed E-state index contributed by atoms with van der Waals surface area (Å²) in [7, 11) is 0. The number of pyridine rings is 1. The highest BCUT2D eigenvalue weighted by Gasteiger charge is 2.18. The molecule has 0 bridgehead atoms. The first-order valence-electron chi connectivity index (χ1n) is 9.22. The minimum absolute atomic E-state index is 0. The maximum atomic E-state index is 4.72. The zero-order chi connectivity index (χ0) is 17.5. The lowest BCUT2D eigenvalue weighted by atomic mass is 9.87. The van der Waals surface area contributed by atoms with E-state index >= 15 is 0 Å². The van der Waals surface area contributed by atoms with Crippen LogP contribution >= 0.6 is 24.0 Å². The van der Waals surface area contributed by atoms with Crippen molar-refractivity contribution in [3.63, 3.8) is 0 Å². The Balaban J connectivity index is 0.00000243. The third kappa shape index (κ3) is 5.96. The fourth-order valence-electron chi connectivity index (χ4n) is 3.15. The third-order valence-corrected chi connectivity index (χ3v) is 4.70. The van der Waals surface area contributed by atoms with E-state index in [4.69, 9.17) is 4.99 Å². The van der Waals surface area contributed by atoms with Crippen molar-refractivity contribution in [1.29, 1.82) is 0 Å². The molecule has 0 aromatic carbocycles. The third-order valence-electron chi connectivity index (χ3n) is 4.70. The van der Waals surface area contributed by atoms with Crippen molar-refractivity contribution in [1.82, 2.24) is 25.2 Å². The van der Waals surface area contributed by atoms with E-state index in [1.54, 1.807) is 12.5 Å². The van der Waals surface area contributed by atoms with Crippen molar-refractivity contribution in [2.75, 3.05) is 6.54 Å². The lowest BCUT2D eigenvalue weighted by Gasteiger charge is -2.28. The van der Waals surface area contributed by atoms with Crippen molar-refractivity contribution in [3.8, 4) is 5.82 Å². The average Bonchev–Trinajstić information content (AvgIpc) is 3.17. The maximum absolute atomic E-state index is 4.72. The van der Waals surface area contributed by atoms with Gasteiger partial charge in [0.05, 0.1) is 6.54 Å². The molecule has 0 radical (unpaired) electrons. The lowest BCUT2D eigenvalue weighted by molar-refractivity contribution is 0.329. The van der Waals surface area contributed by atoms with Crippen LogP contribution in [0.3, 0.4) is 0 Å². The molecule has 2 heterocycles. The standard InChI is InChI=1S/C19H28N6.HI/c1-3-21-19(24-17-7-4-15(2)5-8-17)23-13-16-6-9-18(22-12-16)25-11-10-20-14-25;/h6,9-12,14-15,17H,3-5,7-8,13H2,1-2H3,(H2,21,23,24);1H. The van der Waals surface area contributed by atoms with E-state index in [0.29, 0.717) is 12.6 Å². The number of hydrogen-bond donors (Lipinski definition) is 2. The fourth-order valence-corrected chi connectivity index (χ4v) is 3.15. The number of nitrogens with one attached hydrogen (secondary N) is 2. The number of aliphatic imine (C=N–C) groups is 1. The van der Waals surface area contributed by atoms with Gasteiger partial charge in [-0.25, -0.2) is 15.0 Å². The van der Waals surface area contributed by atoms with Gasteiger partial charge in [0.15, 0.2) is 5.96 Å². The molecule has 0 amide bonds. The molecule has 1 saturated carbocycles. The monoisotopic (exact) mass is 468 g/mol. The van der Waals surface area contributed by atoms with E-state index in [0.717, 1.165) is 29.8 Å². The molecule has 26 heavy (non-hydrogen) atoms. The summed E-state index contributed by atoms with van der Waals surface area (Å²) in [4.78, 5) is 13.3. The Labute approximate surface area is 172 Å². The van der Waals surface area contributed by atoms with Crippen molar-refractivity contribution >= 4 is 29.9 Å². The van der Waals surface area contributed by atoms with Crippen LogP contribution in [0.1, 0.15) is 45.1 Å². The summed E-state index contributed by atoms with van der Waals surface area (Å²) in [5.41, 5.74) is 1.10. The first kappa shape index (κ1) is 20.7. The van der Waals surface area contributed by atoms with Gasteiger partial charge in [0.1, 0.15) is 12.1 Å². The number of hydrogen-bond acceptors (Lipinski definition) is 3. The van der Waals surface area contributed by atoms with E-state index in [9.17, 15) is 0 Å². The number of halogens is 1. The molecular weight excluding hydrogens is 439 g/mol. The quantitative estimate of drug-likeness (QED) is 0.401. The van der Waals surface area contributed by atoms with E-state index < -0.39 is 0 Å². The molecule has 2 aromatic rings. The Morgan fingerprint density at radius 1 is 1.27 bits per heavy atom. The lowest BCUT2D eigenvalue weighted by Crippen LogP contribution is -2.44. The molecule has 0 spiro atoms. The molecule has 0 saturated heterocycles. The molecule has 1 aliphatic carbocycles. The number of rotatable bonds is 5. The predicted octanol–water partition coefficient (Wildman–Crippen LogP) is 3.52. The van der Waals surface area contributed by atoms with Crippen molar-refractivity contribution < 1.29 is 0 Å². The summed E-state index contributed by atoms with van der Waals surface area (Å²) in [5.74, 6) is 2.63. The summed E-state index contributed by atoms with van der Waals surface area (Å²) in [6.07, 6.45) is 12.3. The second-order valence-corrected chi connectivity index (χ2v) is 6.79. The zero-order valence-electron chi connectivity index (χ0n) is 15.6. The number of nitrogens with zero attached hydrogens (tertiary/aromatic N) is 4. The smallest absolute Gasteiger partial charge is 0.191 e. The number of imidazole rings is 1. The van der Waals surface area contributed by atoms with Crippen LogP contribution in [-0.2, 0) is 6.54 Å². The van der Waals surface area contributed by atoms with Crippen LogP contribution in [0.15, 0.2) is 42.0 Å². The van der Waals surface area contributed by atoms with Crippen LogP contribution in [0.5, 0.6) is 0 Å². The van der Waals surface area contributed by atoms with Crippen molar-refractivity contribution in [2.24, 2.45) is 10.9 Å². The normalized spacial score (nSPS) is 20.3. The fraction of sp³-hybridized carbons (Fsp3) is 0.526. The van der Waals surface area contributed by atoms with Gasteiger partial charge in [-0.3, -0.25) is 4.57 Å². The van der Waals surface area contributed by atoms with Crippen molar-refractivity contribution in [2.45, 2.75) is 52.1 Å². The molecule has 2 N–H and O–H groups in total. The van der Waals surface area contributed by atoms with E-state index in [-0.39, 0.29) is 24.0 Å². The summed E-state index contributed by atoms with van der Waals surface area (Å²) in [6.45, 7) is 5.93. The van der Waals surface area contributed by atoms with Gasteiger partial charge < -0.3 is 10.6 Å². The first-order chi connectivity index (χ1) is 12.2. The highest BCUT2D eigenvalue weighted by Crippen LogP contribution is 2.23. The second kappa shape index (κ2) is 10.5. The SMILES string of the molecule is CCNC(=NCc1ccc(-n2ccnc2)nc1)NC1CCC(C)CC1.I. The van der Waals surface area contributed by atoms with Gasteiger partial charge in [-0.05, 0) is 50.2 Å². The molecule has 6 nitrogen and oxygen atoms in total. The minimum atomic E-state index is 0. The van der Waals surface area contributed by atoms with Gasteiger partial charge in [0, 0.05) is 31.2 Å². The first-order valence-corrected chi connectivity index (χ1v) is 9.22. The molecule has 2 aromatic heterocycles. The molecule has 0 atom stereocenters. The summed E-state index contributed by atoms with van der Waals surface area (Å²) in [6, 6.07) is 4.60. The molecular formula is C19H29IN6. The Morgan fingerprint density at radius 2 is 2.08 bits per heavy atom. The Kier molecular flexibility index (Phi) is 8.34. The molecule has 142 valence electrons. The Bertz CT molecular complexity index is 660. The molecule has 0 unspecified atom stereocenters. The topological polar surface area (TPSA) is 67.1 Å². The van der Waals surface area contributed by atoms with Gasteiger partial charge in [0.25, 0.3) is 0 Å². The van der Waals surface area contributed by atoms with E-state index in [2.05, 4.69) is 40.5 Å². The number of guanidine groups is 1. The molecule has 0 aliphatic heterocycles. The van der Waals surface area contributed by atoms with E-state index in [1.807, 2.05) is 23.0 Å². The maximum Gasteiger partial charge on any atom is 0.191 e. The van der Waals surface area contributed by atoms with Gasteiger partial charge in [-0.1, -0.05) is 13.0 Å². The highest BCUT2D eigenvalue weighted by atomic mass is 127. The van der Waals surface area contributed by atoms with Gasteiger partial charge >= 0.3 is 0 Å². The molecule has 1 fully saturated rings. The van der Waals surface area contributed by atoms with Gasteiger partial charge in [-0.2, -0.15) is 0 Å². The largest absolute Gasteiger partial charge is 0.357 e. The zero-order valence-corrected chi connectivity index (χ0v) is 17.9. The average molecular weight is 468 g/mol. The van der Waals surface area contributed by atoms with Crippen molar-refractivity contribution in [3.05, 3.63) is 42.6 Å². The Hall–Kier alpha value is -1.64. The minimum Gasteiger partial charge on any atom is -0.357 e. The van der Waals surface area contributed by atoms with Crippen LogP contribution in [0, 0.1) is 5.92 Å². The van der Waals surface area contributed by atoms with Crippen LogP contribution in [0.4, 0.5) is 0 Å². The van der Waals surface area contributed by atoms with Crippen LogP contribution in [0.25, 0.3) is 5.82 Å².